The Morgan fingerprint density at radius 3 is 2.70 bits per heavy atom. The van der Waals surface area contributed by atoms with E-state index in [9.17, 15) is 5.11 Å². The Labute approximate surface area is 124 Å². The van der Waals surface area contributed by atoms with Crippen molar-refractivity contribution in [1.29, 1.82) is 0 Å². The second-order valence-electron chi connectivity index (χ2n) is 4.75. The second-order valence-corrected chi connectivity index (χ2v) is 5.78. The highest BCUT2D eigenvalue weighted by Gasteiger charge is 2.09. The smallest absolute Gasteiger partial charge is 0.0898 e. The summed E-state index contributed by atoms with van der Waals surface area (Å²) >= 11 is 1.71. The molecule has 108 valence electrons. The molecule has 2 N–H and O–H groups in total. The molecule has 2 unspecified atom stereocenters. The Kier molecular flexibility index (Phi) is 6.21. The average molecular weight is 291 g/mol. The summed E-state index contributed by atoms with van der Waals surface area (Å²) in [5, 5.41) is 15.2. The summed E-state index contributed by atoms with van der Waals surface area (Å²) in [6.07, 6.45) is -0.482. The average Bonchev–Trinajstić information content (AvgIpc) is 2.99. The first kappa shape index (κ1) is 15.2. The minimum atomic E-state index is -0.485. The van der Waals surface area contributed by atoms with E-state index in [0.717, 1.165) is 12.1 Å². The lowest BCUT2D eigenvalue weighted by atomic mass is 10.1. The molecule has 1 aromatic heterocycles. The fourth-order valence-corrected chi connectivity index (χ4v) is 2.58. The van der Waals surface area contributed by atoms with Gasteiger partial charge in [0.1, 0.15) is 0 Å². The zero-order valence-corrected chi connectivity index (χ0v) is 12.5. The van der Waals surface area contributed by atoms with Gasteiger partial charge in [0.25, 0.3) is 0 Å². The summed E-state index contributed by atoms with van der Waals surface area (Å²) in [7, 11) is 0. The fourth-order valence-electron chi connectivity index (χ4n) is 1.91. The molecule has 2 atom stereocenters. The maximum absolute atomic E-state index is 9.89. The molecule has 0 aliphatic rings. The topological polar surface area (TPSA) is 41.5 Å². The first-order valence-electron chi connectivity index (χ1n) is 6.83. The molecule has 0 aliphatic heterocycles. The van der Waals surface area contributed by atoms with Crippen LogP contribution in [0.5, 0.6) is 0 Å². The van der Waals surface area contributed by atoms with Crippen LogP contribution < -0.4 is 5.32 Å². The van der Waals surface area contributed by atoms with E-state index in [-0.39, 0.29) is 6.10 Å². The third kappa shape index (κ3) is 5.06. The van der Waals surface area contributed by atoms with E-state index in [2.05, 4.69) is 16.8 Å². The number of hydrogen-bond donors (Lipinski definition) is 2. The van der Waals surface area contributed by atoms with Gasteiger partial charge in [0, 0.05) is 18.0 Å². The molecule has 0 radical (unpaired) electrons. The van der Waals surface area contributed by atoms with Gasteiger partial charge in [-0.3, -0.25) is 0 Å². The van der Waals surface area contributed by atoms with Crippen molar-refractivity contribution in [3.8, 4) is 0 Å². The van der Waals surface area contributed by atoms with Gasteiger partial charge in [-0.05, 0) is 23.9 Å². The number of nitrogens with one attached hydrogen (secondary N) is 1. The van der Waals surface area contributed by atoms with Crippen LogP contribution in [0.2, 0.25) is 0 Å². The molecule has 0 fully saturated rings. The molecule has 0 saturated heterocycles. The monoisotopic (exact) mass is 291 g/mol. The molecule has 3 nitrogen and oxygen atoms in total. The van der Waals surface area contributed by atoms with Crippen molar-refractivity contribution in [3.05, 3.63) is 58.3 Å². The van der Waals surface area contributed by atoms with Gasteiger partial charge < -0.3 is 15.2 Å². The Bertz CT molecular complexity index is 472. The van der Waals surface area contributed by atoms with Crippen molar-refractivity contribution >= 4 is 11.3 Å². The van der Waals surface area contributed by atoms with Gasteiger partial charge >= 0.3 is 0 Å². The van der Waals surface area contributed by atoms with Crippen molar-refractivity contribution in [2.24, 2.45) is 0 Å². The summed E-state index contributed by atoms with van der Waals surface area (Å²) in [4.78, 5) is 1.27. The molecule has 1 heterocycles. The number of rotatable bonds is 8. The lowest BCUT2D eigenvalue weighted by Crippen LogP contribution is -2.30. The van der Waals surface area contributed by atoms with Gasteiger partial charge in [0.05, 0.1) is 18.8 Å². The van der Waals surface area contributed by atoms with Gasteiger partial charge in [-0.15, -0.1) is 11.3 Å². The molecule has 20 heavy (non-hydrogen) atoms. The Morgan fingerprint density at radius 1 is 1.20 bits per heavy atom. The summed E-state index contributed by atoms with van der Waals surface area (Å²) in [6, 6.07) is 14.2. The van der Waals surface area contributed by atoms with E-state index < -0.39 is 6.10 Å². The molecular weight excluding hydrogens is 270 g/mol. The van der Waals surface area contributed by atoms with Gasteiger partial charge in [-0.25, -0.2) is 0 Å². The van der Waals surface area contributed by atoms with Crippen LogP contribution in [0.4, 0.5) is 0 Å². The summed E-state index contributed by atoms with van der Waals surface area (Å²) in [5.41, 5.74) is 1.13. The van der Waals surface area contributed by atoms with E-state index in [1.807, 2.05) is 43.3 Å². The minimum absolute atomic E-state index is 0.00291. The van der Waals surface area contributed by atoms with Gasteiger partial charge in [0.15, 0.2) is 0 Å². The minimum Gasteiger partial charge on any atom is -0.389 e. The van der Waals surface area contributed by atoms with E-state index in [4.69, 9.17) is 4.74 Å². The standard InChI is InChI=1S/C16H21NO2S/c1-13(14-6-3-2-4-7-14)19-12-15(18)10-17-11-16-8-5-9-20-16/h2-9,13,15,17-18H,10-12H2,1H3. The Morgan fingerprint density at radius 2 is 2.00 bits per heavy atom. The fraction of sp³-hybridized carbons (Fsp3) is 0.375. The number of aliphatic hydroxyl groups is 1. The van der Waals surface area contributed by atoms with Gasteiger partial charge in [-0.1, -0.05) is 36.4 Å². The first-order chi connectivity index (χ1) is 9.75. The van der Waals surface area contributed by atoms with Crippen molar-refractivity contribution < 1.29 is 9.84 Å². The third-order valence-electron chi connectivity index (χ3n) is 3.07. The SMILES string of the molecule is CC(OCC(O)CNCc1cccs1)c1ccccc1. The second kappa shape index (κ2) is 8.17. The summed E-state index contributed by atoms with van der Waals surface area (Å²) < 4.78 is 5.69. The Balaban J connectivity index is 1.63. The van der Waals surface area contributed by atoms with Gasteiger partial charge in [0.2, 0.25) is 0 Å². The molecule has 0 bridgehead atoms. The predicted molar refractivity (Wildman–Crippen MR) is 82.8 cm³/mol. The molecule has 0 saturated carbocycles. The van der Waals surface area contributed by atoms with Crippen LogP contribution in [0, 0.1) is 0 Å². The highest BCUT2D eigenvalue weighted by molar-refractivity contribution is 7.09. The number of ether oxygens (including phenoxy) is 1. The van der Waals surface area contributed by atoms with Crippen molar-refractivity contribution in [1.82, 2.24) is 5.32 Å². The van der Waals surface area contributed by atoms with Crippen LogP contribution in [0.15, 0.2) is 47.8 Å². The van der Waals surface area contributed by atoms with Gasteiger partial charge in [-0.2, -0.15) is 0 Å². The predicted octanol–water partition coefficient (Wildman–Crippen LogP) is 2.98. The highest BCUT2D eigenvalue weighted by atomic mass is 32.1. The zero-order chi connectivity index (χ0) is 14.2. The van der Waals surface area contributed by atoms with Crippen LogP contribution >= 0.6 is 11.3 Å². The number of hydrogen-bond acceptors (Lipinski definition) is 4. The van der Waals surface area contributed by atoms with E-state index in [1.54, 1.807) is 11.3 Å². The van der Waals surface area contributed by atoms with Crippen LogP contribution in [-0.2, 0) is 11.3 Å². The van der Waals surface area contributed by atoms with Crippen molar-refractivity contribution in [3.63, 3.8) is 0 Å². The van der Waals surface area contributed by atoms with Crippen LogP contribution in [0.25, 0.3) is 0 Å². The van der Waals surface area contributed by atoms with E-state index in [0.29, 0.717) is 13.2 Å². The molecule has 2 rings (SSSR count). The molecule has 0 spiro atoms. The molecule has 4 heteroatoms. The molecule has 1 aromatic carbocycles. The van der Waals surface area contributed by atoms with Crippen LogP contribution in [0.1, 0.15) is 23.5 Å². The summed E-state index contributed by atoms with van der Waals surface area (Å²) in [5.74, 6) is 0. The molecule has 0 aliphatic carbocycles. The number of benzene rings is 1. The zero-order valence-electron chi connectivity index (χ0n) is 11.7. The summed E-state index contributed by atoms with van der Waals surface area (Å²) in [6.45, 7) is 3.68. The maximum Gasteiger partial charge on any atom is 0.0898 e. The lowest BCUT2D eigenvalue weighted by Gasteiger charge is -2.17. The molecule has 2 aromatic rings. The molecule has 0 amide bonds. The normalized spacial score (nSPS) is 14.1. The van der Waals surface area contributed by atoms with Crippen LogP contribution in [0.3, 0.4) is 0 Å². The van der Waals surface area contributed by atoms with Crippen molar-refractivity contribution in [2.75, 3.05) is 13.2 Å². The van der Waals surface area contributed by atoms with E-state index in [1.165, 1.54) is 4.88 Å². The molecular formula is C16H21NO2S. The quantitative estimate of drug-likeness (QED) is 0.785. The first-order valence-corrected chi connectivity index (χ1v) is 7.71. The lowest BCUT2D eigenvalue weighted by molar-refractivity contribution is -0.00210. The van der Waals surface area contributed by atoms with Crippen LogP contribution in [-0.4, -0.2) is 24.4 Å². The number of aliphatic hydroxyl groups excluding tert-OH is 1. The Hall–Kier alpha value is -1.20. The highest BCUT2D eigenvalue weighted by Crippen LogP contribution is 2.15. The third-order valence-corrected chi connectivity index (χ3v) is 3.94. The van der Waals surface area contributed by atoms with E-state index >= 15 is 0 Å². The van der Waals surface area contributed by atoms with Crippen molar-refractivity contribution in [2.45, 2.75) is 25.7 Å². The number of thiophene rings is 1. The maximum atomic E-state index is 9.89. The largest absolute Gasteiger partial charge is 0.389 e.